The average Bonchev–Trinajstić information content (AvgIpc) is 3.83. The van der Waals surface area contributed by atoms with Gasteiger partial charge in [-0.25, -0.2) is 0 Å². The number of nitrogens with zero attached hydrogens (tertiary/aromatic N) is 1. The minimum atomic E-state index is -0.00339. The Morgan fingerprint density at radius 2 is 1.83 bits per heavy atom. The van der Waals surface area contributed by atoms with Gasteiger partial charge in [0.25, 0.3) is 5.91 Å². The highest BCUT2D eigenvalue weighted by atomic mass is 16.5. The van der Waals surface area contributed by atoms with Crippen molar-refractivity contribution in [3.8, 4) is 5.75 Å². The summed E-state index contributed by atoms with van der Waals surface area (Å²) in [5.41, 5.74) is 6.56. The number of piperazine rings is 1. The van der Waals surface area contributed by atoms with Crippen LogP contribution in [0.25, 0.3) is 5.57 Å². The molecule has 2 fully saturated rings. The first-order chi connectivity index (χ1) is 20.5. The molecular formula is C34H47N3O5. The van der Waals surface area contributed by atoms with Crippen LogP contribution >= 0.6 is 0 Å². The molecule has 228 valence electrons. The second kappa shape index (κ2) is 14.6. The number of rotatable bonds is 15. The first kappa shape index (κ1) is 30.7. The fraction of sp³-hybridized carbons (Fsp3) is 0.559. The number of ether oxygens (including phenoxy) is 4. The lowest BCUT2D eigenvalue weighted by atomic mass is 9.83. The lowest BCUT2D eigenvalue weighted by Crippen LogP contribution is -2.60. The van der Waals surface area contributed by atoms with Gasteiger partial charge >= 0.3 is 0 Å². The molecule has 42 heavy (non-hydrogen) atoms. The van der Waals surface area contributed by atoms with Gasteiger partial charge in [0.1, 0.15) is 12.4 Å². The van der Waals surface area contributed by atoms with Crippen molar-refractivity contribution in [3.05, 3.63) is 70.3 Å². The third-order valence-electron chi connectivity index (χ3n) is 8.49. The lowest BCUT2D eigenvalue weighted by molar-refractivity contribution is -0.128. The van der Waals surface area contributed by atoms with Crippen molar-refractivity contribution < 1.29 is 23.7 Å². The number of nitrogens with one attached hydrogen (secondary N) is 2. The average molecular weight is 578 g/mol. The second-order valence-corrected chi connectivity index (χ2v) is 12.0. The summed E-state index contributed by atoms with van der Waals surface area (Å²) >= 11 is 0. The topological polar surface area (TPSA) is 81.3 Å². The van der Waals surface area contributed by atoms with E-state index in [1.54, 1.807) is 14.2 Å². The van der Waals surface area contributed by atoms with Gasteiger partial charge in [-0.1, -0.05) is 43.3 Å². The smallest absolute Gasteiger partial charge is 0.252 e. The number of amides is 1. The number of methoxy groups -OCH3 is 2. The highest BCUT2D eigenvalue weighted by Crippen LogP contribution is 2.37. The quantitative estimate of drug-likeness (QED) is 0.309. The number of hydrogen-bond donors (Lipinski definition) is 2. The molecule has 1 aliphatic carbocycles. The van der Waals surface area contributed by atoms with Crippen molar-refractivity contribution in [1.29, 1.82) is 0 Å². The fourth-order valence-corrected chi connectivity index (χ4v) is 6.07. The van der Waals surface area contributed by atoms with E-state index in [9.17, 15) is 4.79 Å². The minimum Gasteiger partial charge on any atom is -0.491 e. The van der Waals surface area contributed by atoms with Gasteiger partial charge in [-0.3, -0.25) is 4.79 Å². The normalized spacial score (nSPS) is 20.9. The van der Waals surface area contributed by atoms with Gasteiger partial charge in [0.05, 0.1) is 32.5 Å². The molecule has 2 N–H and O–H groups in total. The van der Waals surface area contributed by atoms with E-state index in [4.69, 9.17) is 18.9 Å². The molecule has 1 saturated heterocycles. The Bertz CT molecular complexity index is 1230. The highest BCUT2D eigenvalue weighted by molar-refractivity contribution is 6.03. The molecule has 3 atom stereocenters. The molecular weight excluding hydrogens is 530 g/mol. The molecule has 8 heteroatoms. The Morgan fingerprint density at radius 1 is 1.02 bits per heavy atom. The summed E-state index contributed by atoms with van der Waals surface area (Å²) < 4.78 is 22.3. The van der Waals surface area contributed by atoms with Gasteiger partial charge in [-0.2, -0.15) is 0 Å². The summed E-state index contributed by atoms with van der Waals surface area (Å²) in [4.78, 5) is 16.6. The molecule has 5 rings (SSSR count). The van der Waals surface area contributed by atoms with Crippen LogP contribution in [0.2, 0.25) is 0 Å². The van der Waals surface area contributed by atoms with Crippen molar-refractivity contribution in [2.45, 2.75) is 64.4 Å². The molecule has 2 unspecified atom stereocenters. The van der Waals surface area contributed by atoms with Crippen LogP contribution in [-0.2, 0) is 32.2 Å². The monoisotopic (exact) mass is 577 g/mol. The summed E-state index contributed by atoms with van der Waals surface area (Å²) in [6.07, 6.45) is 2.93. The zero-order valence-corrected chi connectivity index (χ0v) is 25.6. The van der Waals surface area contributed by atoms with Crippen LogP contribution in [0.1, 0.15) is 48.4 Å². The van der Waals surface area contributed by atoms with Crippen molar-refractivity contribution in [1.82, 2.24) is 15.5 Å². The molecule has 0 spiro atoms. The third-order valence-corrected chi connectivity index (χ3v) is 8.49. The van der Waals surface area contributed by atoms with Gasteiger partial charge in [0.15, 0.2) is 0 Å². The summed E-state index contributed by atoms with van der Waals surface area (Å²) in [6.45, 7) is 9.43. The van der Waals surface area contributed by atoms with E-state index in [1.165, 1.54) is 5.57 Å². The van der Waals surface area contributed by atoms with Crippen LogP contribution in [0.4, 0.5) is 0 Å². The van der Waals surface area contributed by atoms with Crippen molar-refractivity contribution >= 4 is 11.5 Å². The number of fused-ring (bicyclic) bond motifs is 2. The summed E-state index contributed by atoms with van der Waals surface area (Å²) in [5, 5.41) is 7.29. The Kier molecular flexibility index (Phi) is 10.7. The maximum Gasteiger partial charge on any atom is 0.252 e. The van der Waals surface area contributed by atoms with Crippen molar-refractivity contribution in [2.24, 2.45) is 5.92 Å². The largest absolute Gasteiger partial charge is 0.491 e. The van der Waals surface area contributed by atoms with Crippen molar-refractivity contribution in [2.75, 3.05) is 53.7 Å². The van der Waals surface area contributed by atoms with Crippen LogP contribution in [0.15, 0.2) is 48.0 Å². The molecule has 1 amide bonds. The molecule has 0 aromatic heterocycles. The van der Waals surface area contributed by atoms with E-state index in [0.29, 0.717) is 51.5 Å². The van der Waals surface area contributed by atoms with E-state index in [1.807, 2.05) is 12.1 Å². The molecule has 0 radical (unpaired) electrons. The van der Waals surface area contributed by atoms with Gasteiger partial charge in [0.2, 0.25) is 0 Å². The fourth-order valence-electron chi connectivity index (χ4n) is 6.07. The summed E-state index contributed by atoms with van der Waals surface area (Å²) in [5.74, 6) is 1.36. The standard InChI is InChI=1S/C34H47N3O5/c1-23(20-40-4)21-41-22-25-8-10-26(11-9-25)30-16-28-17-35-18-31(36-28)33(30)34(38)37(29-12-13-29)19-27-6-5-7-32(24(27)2)42-15-14-39-3/h5-11,23,28-29,31,35-36H,12-22H2,1-4H3/t23-,28?,31?/m0/s1. The number of carbonyl (C=O) groups excluding carboxylic acids is 1. The highest BCUT2D eigenvalue weighted by Gasteiger charge is 2.41. The maximum absolute atomic E-state index is 14.5. The molecule has 1 saturated carbocycles. The zero-order valence-electron chi connectivity index (χ0n) is 25.6. The number of carbonyl (C=O) groups is 1. The molecule has 2 heterocycles. The van der Waals surface area contributed by atoms with Crippen molar-refractivity contribution in [3.63, 3.8) is 0 Å². The molecule has 2 aromatic rings. The molecule has 8 nitrogen and oxygen atoms in total. The number of hydrogen-bond acceptors (Lipinski definition) is 7. The predicted octanol–water partition coefficient (Wildman–Crippen LogP) is 4.10. The zero-order chi connectivity index (χ0) is 29.5. The Hall–Kier alpha value is -2.75. The van der Waals surface area contributed by atoms with Crippen LogP contribution in [0.5, 0.6) is 5.75 Å². The van der Waals surface area contributed by atoms with Gasteiger partial charge in [0, 0.05) is 57.4 Å². The molecule has 2 aliphatic heterocycles. The number of benzene rings is 2. The van der Waals surface area contributed by atoms with E-state index < -0.39 is 0 Å². The first-order valence-electron chi connectivity index (χ1n) is 15.4. The summed E-state index contributed by atoms with van der Waals surface area (Å²) in [6, 6.07) is 15.3. The van der Waals surface area contributed by atoms with E-state index in [-0.39, 0.29) is 18.0 Å². The lowest BCUT2D eigenvalue weighted by Gasteiger charge is -2.41. The minimum absolute atomic E-state index is 0.00339. The van der Waals surface area contributed by atoms with E-state index in [2.05, 4.69) is 59.7 Å². The molecule has 2 bridgehead atoms. The third kappa shape index (κ3) is 7.60. The second-order valence-electron chi connectivity index (χ2n) is 12.0. The van der Waals surface area contributed by atoms with E-state index >= 15 is 0 Å². The SMILES string of the molecule is COCCOc1cccc(CN(C(=O)C2=C(c3ccc(COC[C@@H](C)COC)cc3)CC3CNCC2N3)C2CC2)c1C. The Labute approximate surface area is 250 Å². The van der Waals surface area contributed by atoms with Gasteiger partial charge < -0.3 is 34.5 Å². The summed E-state index contributed by atoms with van der Waals surface area (Å²) in [7, 11) is 3.39. The Morgan fingerprint density at radius 3 is 2.57 bits per heavy atom. The molecule has 2 aromatic carbocycles. The van der Waals surface area contributed by atoms with Crippen LogP contribution in [0, 0.1) is 12.8 Å². The van der Waals surface area contributed by atoms with Crippen LogP contribution < -0.4 is 15.4 Å². The van der Waals surface area contributed by atoms with Crippen LogP contribution in [-0.4, -0.2) is 82.7 Å². The van der Waals surface area contributed by atoms with Gasteiger partial charge in [-0.15, -0.1) is 0 Å². The maximum atomic E-state index is 14.5. The van der Waals surface area contributed by atoms with Crippen LogP contribution in [0.3, 0.4) is 0 Å². The molecule has 3 aliphatic rings. The Balaban J connectivity index is 1.38. The van der Waals surface area contributed by atoms with Gasteiger partial charge in [-0.05, 0) is 60.1 Å². The van der Waals surface area contributed by atoms with E-state index in [0.717, 1.165) is 65.9 Å². The predicted molar refractivity (Wildman–Crippen MR) is 164 cm³/mol. The first-order valence-corrected chi connectivity index (χ1v) is 15.4.